The van der Waals surface area contributed by atoms with Gasteiger partial charge in [0, 0.05) is 25.5 Å². The number of esters is 1. The first-order valence-corrected chi connectivity index (χ1v) is 4.15. The van der Waals surface area contributed by atoms with Crippen LogP contribution in [0.5, 0.6) is 0 Å². The fraction of sp³-hybridized carbons (Fsp3) is 0.500. The van der Waals surface area contributed by atoms with Crippen molar-refractivity contribution in [2.75, 3.05) is 13.7 Å². The van der Waals surface area contributed by atoms with Gasteiger partial charge in [-0.15, -0.1) is 0 Å². The first kappa shape index (κ1) is 8.25. The van der Waals surface area contributed by atoms with Gasteiger partial charge in [-0.3, -0.25) is 5.32 Å². The number of aromatic nitrogens is 2. The highest BCUT2D eigenvalue weighted by atomic mass is 16.5. The summed E-state index contributed by atoms with van der Waals surface area (Å²) in [5, 5.41) is 3.05. The number of carbonyl (C=O) groups excluding carboxylic acids is 1. The molecule has 70 valence electrons. The van der Waals surface area contributed by atoms with E-state index in [4.69, 9.17) is 0 Å². The van der Waals surface area contributed by atoms with Gasteiger partial charge in [0.1, 0.15) is 5.82 Å². The van der Waals surface area contributed by atoms with Gasteiger partial charge in [-0.2, -0.15) is 0 Å². The Balaban J connectivity index is 2.30. The molecule has 1 aromatic heterocycles. The van der Waals surface area contributed by atoms with Crippen LogP contribution in [0.1, 0.15) is 11.9 Å². The fourth-order valence-corrected chi connectivity index (χ4v) is 1.50. The molecule has 1 aliphatic rings. The monoisotopic (exact) mass is 181 g/mol. The Morgan fingerprint density at radius 1 is 1.85 bits per heavy atom. The second-order valence-electron chi connectivity index (χ2n) is 2.89. The van der Waals surface area contributed by atoms with Crippen molar-refractivity contribution in [1.29, 1.82) is 0 Å². The maximum atomic E-state index is 11.3. The Morgan fingerprint density at radius 2 is 2.69 bits per heavy atom. The van der Waals surface area contributed by atoms with Gasteiger partial charge < -0.3 is 9.30 Å². The summed E-state index contributed by atoms with van der Waals surface area (Å²) in [7, 11) is 1.38. The molecule has 0 aromatic carbocycles. The number of carbonyl (C=O) groups is 1. The minimum absolute atomic E-state index is 0.285. The summed E-state index contributed by atoms with van der Waals surface area (Å²) in [6, 6.07) is -0.409. The van der Waals surface area contributed by atoms with Crippen molar-refractivity contribution in [3.05, 3.63) is 18.2 Å². The van der Waals surface area contributed by atoms with Crippen LogP contribution in [-0.2, 0) is 16.1 Å². The first-order valence-electron chi connectivity index (χ1n) is 4.15. The minimum Gasteiger partial charge on any atom is -0.468 e. The third-order valence-corrected chi connectivity index (χ3v) is 2.14. The predicted molar refractivity (Wildman–Crippen MR) is 45.0 cm³/mol. The van der Waals surface area contributed by atoms with E-state index in [1.165, 1.54) is 7.11 Å². The van der Waals surface area contributed by atoms with Gasteiger partial charge in [0.25, 0.3) is 0 Å². The lowest BCUT2D eigenvalue weighted by molar-refractivity contribution is -0.143. The molecule has 0 spiro atoms. The lowest BCUT2D eigenvalue weighted by Gasteiger charge is -2.22. The van der Waals surface area contributed by atoms with Crippen LogP contribution in [0.4, 0.5) is 0 Å². The number of imidazole rings is 1. The number of fused-ring (bicyclic) bond motifs is 1. The molecular weight excluding hydrogens is 170 g/mol. The Hall–Kier alpha value is -1.36. The van der Waals surface area contributed by atoms with Crippen molar-refractivity contribution in [2.45, 2.75) is 12.6 Å². The summed E-state index contributed by atoms with van der Waals surface area (Å²) in [6.07, 6.45) is 3.56. The Labute approximate surface area is 75.7 Å². The van der Waals surface area contributed by atoms with E-state index in [0.717, 1.165) is 18.9 Å². The molecule has 5 heteroatoms. The van der Waals surface area contributed by atoms with E-state index in [9.17, 15) is 4.79 Å². The number of ether oxygens (including phenoxy) is 1. The second-order valence-corrected chi connectivity index (χ2v) is 2.89. The molecule has 1 N–H and O–H groups in total. The van der Waals surface area contributed by atoms with Gasteiger partial charge >= 0.3 is 5.97 Å². The number of methoxy groups -OCH3 is 1. The minimum atomic E-state index is -0.409. The summed E-state index contributed by atoms with van der Waals surface area (Å²) in [4.78, 5) is 15.4. The Morgan fingerprint density at radius 3 is 3.46 bits per heavy atom. The third kappa shape index (κ3) is 1.31. The molecule has 0 bridgehead atoms. The smallest absolute Gasteiger partial charge is 0.330 e. The molecule has 1 aliphatic heterocycles. The van der Waals surface area contributed by atoms with Crippen LogP contribution in [0, 0.1) is 0 Å². The largest absolute Gasteiger partial charge is 0.468 e. The predicted octanol–water partition coefficient (Wildman–Crippen LogP) is -0.300. The molecule has 5 nitrogen and oxygen atoms in total. The van der Waals surface area contributed by atoms with Gasteiger partial charge in [-0.25, -0.2) is 9.78 Å². The quantitative estimate of drug-likeness (QED) is 0.604. The maximum Gasteiger partial charge on any atom is 0.330 e. The highest BCUT2D eigenvalue weighted by molar-refractivity contribution is 5.76. The SMILES string of the molecule is COC(=O)[C@H]1NCCn2ccnc21. The van der Waals surface area contributed by atoms with E-state index in [2.05, 4.69) is 15.0 Å². The molecule has 2 rings (SSSR count). The Kier molecular flexibility index (Phi) is 2.02. The molecule has 0 fully saturated rings. The summed E-state index contributed by atoms with van der Waals surface area (Å²) in [5.41, 5.74) is 0. The van der Waals surface area contributed by atoms with Crippen LogP contribution < -0.4 is 5.32 Å². The molecule has 0 saturated carbocycles. The van der Waals surface area contributed by atoms with Gasteiger partial charge in [0.2, 0.25) is 0 Å². The standard InChI is InChI=1S/C8H11N3O2/c1-13-8(12)6-7-10-3-5-11(7)4-2-9-6/h3,5-6,9H,2,4H2,1H3/t6-/m0/s1. The van der Waals surface area contributed by atoms with Crippen LogP contribution in [0.25, 0.3) is 0 Å². The molecular formula is C8H11N3O2. The lowest BCUT2D eigenvalue weighted by Crippen LogP contribution is -2.38. The van der Waals surface area contributed by atoms with E-state index >= 15 is 0 Å². The lowest BCUT2D eigenvalue weighted by atomic mass is 10.2. The highest BCUT2D eigenvalue weighted by Crippen LogP contribution is 2.15. The molecule has 0 aliphatic carbocycles. The van der Waals surface area contributed by atoms with Crippen LogP contribution in [0.2, 0.25) is 0 Å². The number of nitrogens with zero attached hydrogens (tertiary/aromatic N) is 2. The number of nitrogens with one attached hydrogen (secondary N) is 1. The van der Waals surface area contributed by atoms with Crippen molar-refractivity contribution >= 4 is 5.97 Å². The van der Waals surface area contributed by atoms with Crippen molar-refractivity contribution in [3.8, 4) is 0 Å². The van der Waals surface area contributed by atoms with E-state index in [1.54, 1.807) is 6.20 Å². The first-order chi connectivity index (χ1) is 6.33. The summed E-state index contributed by atoms with van der Waals surface area (Å²) >= 11 is 0. The van der Waals surface area contributed by atoms with E-state index in [1.807, 2.05) is 10.8 Å². The van der Waals surface area contributed by atoms with Gasteiger partial charge in [-0.05, 0) is 0 Å². The third-order valence-electron chi connectivity index (χ3n) is 2.14. The van der Waals surface area contributed by atoms with Crippen molar-refractivity contribution < 1.29 is 9.53 Å². The van der Waals surface area contributed by atoms with Crippen molar-refractivity contribution in [3.63, 3.8) is 0 Å². The van der Waals surface area contributed by atoms with E-state index in [0.29, 0.717) is 0 Å². The van der Waals surface area contributed by atoms with Crippen molar-refractivity contribution in [1.82, 2.24) is 14.9 Å². The summed E-state index contributed by atoms with van der Waals surface area (Å²) < 4.78 is 6.62. The van der Waals surface area contributed by atoms with Crippen LogP contribution in [-0.4, -0.2) is 29.2 Å². The molecule has 0 unspecified atom stereocenters. The molecule has 0 saturated heterocycles. The Bertz CT molecular complexity index is 321. The zero-order valence-electron chi connectivity index (χ0n) is 7.36. The summed E-state index contributed by atoms with van der Waals surface area (Å²) in [6.45, 7) is 1.62. The topological polar surface area (TPSA) is 56.1 Å². The average molecular weight is 181 g/mol. The van der Waals surface area contributed by atoms with Gasteiger partial charge in [0.05, 0.1) is 7.11 Å². The maximum absolute atomic E-state index is 11.3. The molecule has 2 heterocycles. The van der Waals surface area contributed by atoms with Gasteiger partial charge in [-0.1, -0.05) is 0 Å². The van der Waals surface area contributed by atoms with E-state index in [-0.39, 0.29) is 5.97 Å². The normalized spacial score (nSPS) is 20.8. The fourth-order valence-electron chi connectivity index (χ4n) is 1.50. The summed E-state index contributed by atoms with van der Waals surface area (Å²) in [5.74, 6) is 0.449. The molecule has 0 amide bonds. The van der Waals surface area contributed by atoms with Crippen molar-refractivity contribution in [2.24, 2.45) is 0 Å². The zero-order chi connectivity index (χ0) is 9.26. The van der Waals surface area contributed by atoms with Crippen LogP contribution >= 0.6 is 0 Å². The molecule has 1 atom stereocenters. The molecule has 1 aromatic rings. The highest BCUT2D eigenvalue weighted by Gasteiger charge is 2.27. The van der Waals surface area contributed by atoms with Gasteiger partial charge in [0.15, 0.2) is 6.04 Å². The number of hydrogen-bond donors (Lipinski definition) is 1. The number of rotatable bonds is 1. The zero-order valence-corrected chi connectivity index (χ0v) is 7.36. The number of hydrogen-bond acceptors (Lipinski definition) is 4. The average Bonchev–Trinajstić information content (AvgIpc) is 2.63. The van der Waals surface area contributed by atoms with Crippen LogP contribution in [0.3, 0.4) is 0 Å². The molecule has 0 radical (unpaired) electrons. The van der Waals surface area contributed by atoms with E-state index < -0.39 is 6.04 Å². The molecule has 13 heavy (non-hydrogen) atoms. The second kappa shape index (κ2) is 3.18. The van der Waals surface area contributed by atoms with Crippen LogP contribution in [0.15, 0.2) is 12.4 Å².